The minimum Gasteiger partial charge on any atom is -0.502 e. The van der Waals surface area contributed by atoms with Gasteiger partial charge in [0.25, 0.3) is 11.7 Å². The topological polar surface area (TPSA) is 113 Å². The van der Waals surface area contributed by atoms with Crippen molar-refractivity contribution in [2.75, 3.05) is 14.2 Å². The molecule has 10 heteroatoms. The predicted molar refractivity (Wildman–Crippen MR) is 107 cm³/mol. The predicted octanol–water partition coefficient (Wildman–Crippen LogP) is 2.29. The summed E-state index contributed by atoms with van der Waals surface area (Å²) in [5.74, 6) is -3.59. The molecule has 0 aromatic heterocycles. The lowest BCUT2D eigenvalue weighted by Crippen LogP contribution is -2.49. The molecule has 0 aliphatic carbocycles. The SMILES string of the molecule is COc1cc(/C=C2\SC(=S)N(C(C(=O)C(=O)O)C(C)C)C2=O)cc(OC)c1O. The second-order valence-corrected chi connectivity index (χ2v) is 7.86. The average Bonchev–Trinajstić information content (AvgIpc) is 2.90. The van der Waals surface area contributed by atoms with Crippen LogP contribution in [0.25, 0.3) is 6.08 Å². The molecule has 0 saturated carbocycles. The number of phenols is 1. The van der Waals surface area contributed by atoms with E-state index in [1.165, 1.54) is 32.4 Å². The van der Waals surface area contributed by atoms with Crippen LogP contribution < -0.4 is 9.47 Å². The monoisotopic (exact) mass is 425 g/mol. The molecular formula is C18H19NO7S2. The number of thioether (sulfide) groups is 1. The number of benzene rings is 1. The number of carboxylic acid groups (broad SMARTS) is 1. The summed E-state index contributed by atoms with van der Waals surface area (Å²) in [6.45, 7) is 3.28. The summed E-state index contributed by atoms with van der Waals surface area (Å²) in [6.07, 6.45) is 1.51. The van der Waals surface area contributed by atoms with E-state index in [1.807, 2.05) is 0 Å². The smallest absolute Gasteiger partial charge is 0.374 e. The molecule has 0 radical (unpaired) electrons. The Morgan fingerprint density at radius 3 is 2.18 bits per heavy atom. The summed E-state index contributed by atoms with van der Waals surface area (Å²) in [6, 6.07) is 1.82. The molecule has 1 amide bonds. The standard InChI is InChI=1S/C18H19NO7S2/c1-8(2)13(15(21)17(23)24)19-16(22)12(28-18(19)27)7-9-5-10(25-3)14(20)11(6-9)26-4/h5-8,13,20H,1-4H3,(H,23,24)/b12-7-. The molecule has 28 heavy (non-hydrogen) atoms. The summed E-state index contributed by atoms with van der Waals surface area (Å²) >= 11 is 6.19. The van der Waals surface area contributed by atoms with E-state index in [4.69, 9.17) is 26.8 Å². The Hall–Kier alpha value is -2.59. The van der Waals surface area contributed by atoms with Gasteiger partial charge in [0.15, 0.2) is 11.5 Å². The van der Waals surface area contributed by atoms with Crippen molar-refractivity contribution < 1.29 is 34.1 Å². The quantitative estimate of drug-likeness (QED) is 0.386. The highest BCUT2D eigenvalue weighted by atomic mass is 32.2. The van der Waals surface area contributed by atoms with Gasteiger partial charge < -0.3 is 19.7 Å². The normalized spacial score (nSPS) is 16.6. The Morgan fingerprint density at radius 2 is 1.75 bits per heavy atom. The van der Waals surface area contributed by atoms with Gasteiger partial charge in [-0.05, 0) is 29.7 Å². The number of carbonyl (C=O) groups excluding carboxylic acids is 2. The fourth-order valence-electron chi connectivity index (χ4n) is 2.71. The van der Waals surface area contributed by atoms with E-state index in [-0.39, 0.29) is 26.5 Å². The molecule has 1 aliphatic rings. The maximum absolute atomic E-state index is 12.9. The van der Waals surface area contributed by atoms with Crippen molar-refractivity contribution in [2.45, 2.75) is 19.9 Å². The lowest BCUT2D eigenvalue weighted by atomic mass is 9.98. The number of aliphatic carboxylic acids is 1. The Labute approximate surface area is 171 Å². The van der Waals surface area contributed by atoms with E-state index in [0.29, 0.717) is 5.56 Å². The Balaban J connectivity index is 2.45. The van der Waals surface area contributed by atoms with Crippen LogP contribution in [0.4, 0.5) is 0 Å². The average molecular weight is 425 g/mol. The van der Waals surface area contributed by atoms with Gasteiger partial charge in [0, 0.05) is 0 Å². The zero-order valence-electron chi connectivity index (χ0n) is 15.6. The number of ether oxygens (including phenoxy) is 2. The summed E-state index contributed by atoms with van der Waals surface area (Å²) in [7, 11) is 2.75. The van der Waals surface area contributed by atoms with Crippen LogP contribution in [0.3, 0.4) is 0 Å². The van der Waals surface area contributed by atoms with Gasteiger partial charge in [0.1, 0.15) is 10.4 Å². The van der Waals surface area contributed by atoms with Crippen LogP contribution in [0.5, 0.6) is 17.2 Å². The van der Waals surface area contributed by atoms with E-state index in [2.05, 4.69) is 0 Å². The molecule has 1 saturated heterocycles. The summed E-state index contributed by atoms with van der Waals surface area (Å²) in [5, 5.41) is 19.1. The van der Waals surface area contributed by atoms with Gasteiger partial charge >= 0.3 is 5.97 Å². The number of carbonyl (C=O) groups is 3. The first-order chi connectivity index (χ1) is 13.1. The van der Waals surface area contributed by atoms with Crippen molar-refractivity contribution in [1.82, 2.24) is 4.90 Å². The Kier molecular flexibility index (Phi) is 6.68. The van der Waals surface area contributed by atoms with Gasteiger partial charge in [0.05, 0.1) is 19.1 Å². The lowest BCUT2D eigenvalue weighted by Gasteiger charge is -2.27. The molecule has 8 nitrogen and oxygen atoms in total. The first-order valence-electron chi connectivity index (χ1n) is 8.11. The number of phenolic OH excluding ortho intramolecular Hbond substituents is 1. The van der Waals surface area contributed by atoms with Gasteiger partial charge in [-0.3, -0.25) is 14.5 Å². The Bertz CT molecular complexity index is 854. The van der Waals surface area contributed by atoms with Crippen LogP contribution in [-0.4, -0.2) is 57.4 Å². The highest BCUT2D eigenvalue weighted by Gasteiger charge is 2.43. The zero-order chi connectivity index (χ0) is 21.2. The molecular weight excluding hydrogens is 406 g/mol. The molecule has 1 unspecified atom stereocenters. The van der Waals surface area contributed by atoms with Crippen LogP contribution in [-0.2, 0) is 14.4 Å². The van der Waals surface area contributed by atoms with Gasteiger partial charge in [0.2, 0.25) is 5.75 Å². The molecule has 1 aromatic rings. The van der Waals surface area contributed by atoms with Gasteiger partial charge in [-0.15, -0.1) is 0 Å². The number of amides is 1. The van der Waals surface area contributed by atoms with Crippen molar-refractivity contribution in [3.63, 3.8) is 0 Å². The Morgan fingerprint density at radius 1 is 1.21 bits per heavy atom. The number of hydrogen-bond donors (Lipinski definition) is 2. The first-order valence-corrected chi connectivity index (χ1v) is 9.34. The first kappa shape index (κ1) is 21.7. The molecule has 2 rings (SSSR count). The van der Waals surface area contributed by atoms with Crippen molar-refractivity contribution in [2.24, 2.45) is 5.92 Å². The molecule has 1 heterocycles. The third-order valence-electron chi connectivity index (χ3n) is 4.01. The third-order valence-corrected chi connectivity index (χ3v) is 5.34. The number of carboxylic acids is 1. The number of Topliss-reactive ketones (excluding diaryl/α,β-unsaturated/α-hetero) is 1. The highest BCUT2D eigenvalue weighted by Crippen LogP contribution is 2.40. The minimum atomic E-state index is -1.62. The van der Waals surface area contributed by atoms with Crippen molar-refractivity contribution >= 4 is 52.0 Å². The molecule has 0 spiro atoms. The lowest BCUT2D eigenvalue weighted by molar-refractivity contribution is -0.152. The second-order valence-electron chi connectivity index (χ2n) is 6.18. The van der Waals surface area contributed by atoms with E-state index in [1.54, 1.807) is 13.8 Å². The van der Waals surface area contributed by atoms with Crippen LogP contribution in [0, 0.1) is 5.92 Å². The zero-order valence-corrected chi connectivity index (χ0v) is 17.2. The largest absolute Gasteiger partial charge is 0.502 e. The molecule has 0 bridgehead atoms. The molecule has 150 valence electrons. The molecule has 1 aliphatic heterocycles. The van der Waals surface area contributed by atoms with E-state index >= 15 is 0 Å². The van der Waals surface area contributed by atoms with Gasteiger partial charge in [-0.1, -0.05) is 37.8 Å². The number of methoxy groups -OCH3 is 2. The van der Waals surface area contributed by atoms with Crippen LogP contribution in [0.2, 0.25) is 0 Å². The van der Waals surface area contributed by atoms with E-state index in [9.17, 15) is 19.5 Å². The fourth-order valence-corrected chi connectivity index (χ4v) is 4.04. The fraction of sp³-hybridized carbons (Fsp3) is 0.333. The van der Waals surface area contributed by atoms with E-state index < -0.39 is 29.6 Å². The number of ketones is 1. The maximum Gasteiger partial charge on any atom is 0.374 e. The minimum absolute atomic E-state index is 0.0993. The van der Waals surface area contributed by atoms with E-state index in [0.717, 1.165) is 16.7 Å². The maximum atomic E-state index is 12.9. The van der Waals surface area contributed by atoms with Gasteiger partial charge in [-0.25, -0.2) is 4.79 Å². The second kappa shape index (κ2) is 8.61. The van der Waals surface area contributed by atoms with Crippen LogP contribution in [0.15, 0.2) is 17.0 Å². The van der Waals surface area contributed by atoms with Gasteiger partial charge in [-0.2, -0.15) is 0 Å². The highest BCUT2D eigenvalue weighted by molar-refractivity contribution is 8.26. The summed E-state index contributed by atoms with van der Waals surface area (Å²) < 4.78 is 10.3. The molecule has 1 fully saturated rings. The summed E-state index contributed by atoms with van der Waals surface area (Å²) in [5.41, 5.74) is 0.498. The molecule has 1 aromatic carbocycles. The van der Waals surface area contributed by atoms with Crippen molar-refractivity contribution in [3.05, 3.63) is 22.6 Å². The number of nitrogens with zero attached hydrogens (tertiary/aromatic N) is 1. The molecule has 1 atom stereocenters. The molecule has 2 N–H and O–H groups in total. The summed E-state index contributed by atoms with van der Waals surface area (Å²) in [4.78, 5) is 37.4. The number of thiocarbonyl (C=S) groups is 1. The van der Waals surface area contributed by atoms with Crippen LogP contribution >= 0.6 is 24.0 Å². The number of rotatable bonds is 7. The number of hydrogen-bond acceptors (Lipinski definition) is 8. The van der Waals surface area contributed by atoms with Crippen molar-refractivity contribution in [3.8, 4) is 17.2 Å². The number of aromatic hydroxyl groups is 1. The van der Waals surface area contributed by atoms with Crippen molar-refractivity contribution in [1.29, 1.82) is 0 Å². The third kappa shape index (κ3) is 4.12. The van der Waals surface area contributed by atoms with Crippen LogP contribution in [0.1, 0.15) is 19.4 Å².